The zero-order valence-corrected chi connectivity index (χ0v) is 21.5. The quantitative estimate of drug-likeness (QED) is 0.259. The monoisotopic (exact) mass is 532 g/mol. The van der Waals surface area contributed by atoms with E-state index in [0.29, 0.717) is 22.8 Å². The predicted octanol–water partition coefficient (Wildman–Crippen LogP) is 3.16. The third-order valence-corrected chi connectivity index (χ3v) is 5.91. The maximum absolute atomic E-state index is 11.1. The second-order valence-corrected chi connectivity index (χ2v) is 9.11. The molecule has 0 spiro atoms. The Hall–Kier alpha value is -5.08. The first-order valence-corrected chi connectivity index (χ1v) is 11.7. The van der Waals surface area contributed by atoms with Crippen molar-refractivity contribution in [3.8, 4) is 29.2 Å². The fourth-order valence-electron chi connectivity index (χ4n) is 3.49. The summed E-state index contributed by atoms with van der Waals surface area (Å²) in [4.78, 5) is 29.4. The average molecular weight is 533 g/mol. The van der Waals surface area contributed by atoms with Crippen LogP contribution in [0.4, 0.5) is 0 Å². The van der Waals surface area contributed by atoms with Crippen molar-refractivity contribution in [2.75, 3.05) is 0 Å². The fraction of sp³-hybridized carbons (Fsp3) is 0.214. The summed E-state index contributed by atoms with van der Waals surface area (Å²) in [5.74, 6) is 0.993. The molecule has 5 rings (SSSR count). The van der Waals surface area contributed by atoms with Gasteiger partial charge in [0.05, 0.1) is 11.6 Å². The number of benzene rings is 1. The molecule has 0 radical (unpaired) electrons. The molecule has 4 heterocycles. The topological polar surface area (TPSA) is 182 Å². The van der Waals surface area contributed by atoms with Crippen LogP contribution < -0.4 is 20.6 Å². The van der Waals surface area contributed by atoms with E-state index in [1.54, 1.807) is 43.5 Å². The van der Waals surface area contributed by atoms with E-state index in [0.717, 1.165) is 12.1 Å². The molecule has 11 nitrogen and oxygen atoms in total. The molecule has 202 valence electrons. The molecule has 3 aromatic heterocycles. The van der Waals surface area contributed by atoms with Gasteiger partial charge < -0.3 is 34.8 Å². The van der Waals surface area contributed by atoms with Gasteiger partial charge in [-0.15, -0.1) is 0 Å². The molecule has 2 unspecified atom stereocenters. The van der Waals surface area contributed by atoms with Crippen LogP contribution in [0.25, 0.3) is 0 Å². The highest BCUT2D eigenvalue weighted by Gasteiger charge is 2.54. The van der Waals surface area contributed by atoms with Gasteiger partial charge in [-0.05, 0) is 57.2 Å². The number of nitrogens with one attached hydrogen (secondary N) is 2. The number of fused-ring (bicyclic) bond motifs is 1. The first-order chi connectivity index (χ1) is 18.4. The SMILES string of the molecule is CC1(C)Oc2ccc(C#N)cc2C(Oc2ccccn2)C1(C)O.O=c1cc(O)cc[nH]1.O=c1cc(O)cc[nH]1. The first kappa shape index (κ1) is 28.5. The Morgan fingerprint density at radius 3 is 2.03 bits per heavy atom. The van der Waals surface area contributed by atoms with Crippen molar-refractivity contribution < 1.29 is 24.8 Å². The predicted molar refractivity (Wildman–Crippen MR) is 142 cm³/mol. The molecule has 0 amide bonds. The van der Waals surface area contributed by atoms with Crippen molar-refractivity contribution >= 4 is 0 Å². The van der Waals surface area contributed by atoms with Crippen LogP contribution in [0.1, 0.15) is 38.0 Å². The summed E-state index contributed by atoms with van der Waals surface area (Å²) in [5.41, 5.74) is -1.63. The summed E-state index contributed by atoms with van der Waals surface area (Å²) in [6.07, 6.45) is 3.70. The third kappa shape index (κ3) is 7.24. The molecule has 2 atom stereocenters. The number of pyridine rings is 3. The molecule has 1 aromatic carbocycles. The van der Waals surface area contributed by atoms with E-state index in [1.807, 2.05) is 19.9 Å². The minimum Gasteiger partial charge on any atom is -0.508 e. The highest BCUT2D eigenvalue weighted by molar-refractivity contribution is 5.47. The van der Waals surface area contributed by atoms with Crippen LogP contribution in [0.5, 0.6) is 23.1 Å². The number of ether oxygens (including phenoxy) is 2. The maximum atomic E-state index is 11.1. The Morgan fingerprint density at radius 2 is 1.56 bits per heavy atom. The molecular weight excluding hydrogens is 504 g/mol. The lowest BCUT2D eigenvalue weighted by atomic mass is 9.77. The lowest BCUT2D eigenvalue weighted by molar-refractivity contribution is -0.175. The van der Waals surface area contributed by atoms with Gasteiger partial charge in [-0.2, -0.15) is 5.26 Å². The zero-order chi connectivity index (χ0) is 28.6. The number of aromatic hydroxyl groups is 2. The first-order valence-electron chi connectivity index (χ1n) is 11.7. The highest BCUT2D eigenvalue weighted by atomic mass is 16.6. The molecule has 1 aliphatic heterocycles. The lowest BCUT2D eigenvalue weighted by Gasteiger charge is -2.48. The number of hydrogen-bond acceptors (Lipinski definition) is 9. The Balaban J connectivity index is 0.000000213. The van der Waals surface area contributed by atoms with Crippen LogP contribution in [-0.2, 0) is 0 Å². The standard InChI is InChI=1S/C18H18N2O3.2C5H5NO2/c1-17(2)18(3,21)16(22-15-6-4-5-9-20-15)13-10-12(11-19)7-8-14(13)23-17;2*7-4-1-2-6-5(8)3-4/h4-10,16,21H,1-3H3;2*1-3H,(H2,6,7,8). The minimum absolute atomic E-state index is 0.00579. The van der Waals surface area contributed by atoms with Crippen molar-refractivity contribution in [3.63, 3.8) is 0 Å². The van der Waals surface area contributed by atoms with Gasteiger partial charge in [0.25, 0.3) is 11.1 Å². The van der Waals surface area contributed by atoms with Crippen LogP contribution in [0.2, 0.25) is 0 Å². The van der Waals surface area contributed by atoms with Crippen molar-refractivity contribution in [2.24, 2.45) is 0 Å². The van der Waals surface area contributed by atoms with Gasteiger partial charge in [0.2, 0.25) is 5.88 Å². The van der Waals surface area contributed by atoms with Gasteiger partial charge in [-0.25, -0.2) is 4.98 Å². The van der Waals surface area contributed by atoms with Crippen molar-refractivity contribution in [1.29, 1.82) is 5.26 Å². The number of aliphatic hydroxyl groups is 1. The molecule has 0 fully saturated rings. The van der Waals surface area contributed by atoms with E-state index >= 15 is 0 Å². The molecular formula is C28H28N4O7. The maximum Gasteiger partial charge on any atom is 0.251 e. The van der Waals surface area contributed by atoms with E-state index in [9.17, 15) is 14.7 Å². The van der Waals surface area contributed by atoms with Crippen LogP contribution in [0.3, 0.4) is 0 Å². The molecule has 0 aliphatic carbocycles. The summed E-state index contributed by atoms with van der Waals surface area (Å²) in [6.45, 7) is 5.29. The normalized spacial score (nSPS) is 18.4. The Kier molecular flexibility index (Phi) is 8.75. The number of rotatable bonds is 2. The Morgan fingerprint density at radius 1 is 0.949 bits per heavy atom. The van der Waals surface area contributed by atoms with E-state index in [2.05, 4.69) is 21.0 Å². The molecule has 4 aromatic rings. The summed E-state index contributed by atoms with van der Waals surface area (Å²) >= 11 is 0. The van der Waals surface area contributed by atoms with Gasteiger partial charge in [0.15, 0.2) is 6.10 Å². The van der Waals surface area contributed by atoms with E-state index in [1.165, 1.54) is 24.5 Å². The van der Waals surface area contributed by atoms with Gasteiger partial charge in [0, 0.05) is 42.4 Å². The number of nitriles is 1. The van der Waals surface area contributed by atoms with Gasteiger partial charge in [-0.3, -0.25) is 9.59 Å². The number of nitrogens with zero attached hydrogens (tertiary/aromatic N) is 2. The molecule has 11 heteroatoms. The van der Waals surface area contributed by atoms with E-state index < -0.39 is 17.3 Å². The summed E-state index contributed by atoms with van der Waals surface area (Å²) in [5, 5.41) is 37.4. The van der Waals surface area contributed by atoms with Gasteiger partial charge >= 0.3 is 0 Å². The van der Waals surface area contributed by atoms with E-state index in [4.69, 9.17) is 24.9 Å². The highest BCUT2D eigenvalue weighted by Crippen LogP contribution is 2.48. The average Bonchev–Trinajstić information content (AvgIpc) is 2.88. The lowest BCUT2D eigenvalue weighted by Crippen LogP contribution is -2.59. The van der Waals surface area contributed by atoms with Crippen LogP contribution in [-0.4, -0.2) is 41.5 Å². The second kappa shape index (κ2) is 12.0. The number of hydrogen-bond donors (Lipinski definition) is 5. The van der Waals surface area contributed by atoms with Gasteiger partial charge in [0.1, 0.15) is 28.5 Å². The summed E-state index contributed by atoms with van der Waals surface area (Å²) < 4.78 is 11.9. The fourth-order valence-corrected chi connectivity index (χ4v) is 3.49. The molecule has 0 saturated carbocycles. The van der Waals surface area contributed by atoms with Crippen molar-refractivity contribution in [2.45, 2.75) is 38.1 Å². The van der Waals surface area contributed by atoms with Crippen molar-refractivity contribution in [3.05, 3.63) is 111 Å². The minimum atomic E-state index is -1.31. The van der Waals surface area contributed by atoms with Crippen molar-refractivity contribution in [1.82, 2.24) is 15.0 Å². The largest absolute Gasteiger partial charge is 0.508 e. The molecule has 0 bridgehead atoms. The number of aromatic nitrogens is 3. The molecule has 5 N–H and O–H groups in total. The zero-order valence-electron chi connectivity index (χ0n) is 21.5. The second-order valence-electron chi connectivity index (χ2n) is 9.11. The van der Waals surface area contributed by atoms with Gasteiger partial charge in [-0.1, -0.05) is 6.07 Å². The third-order valence-electron chi connectivity index (χ3n) is 5.91. The molecule has 1 aliphatic rings. The summed E-state index contributed by atoms with van der Waals surface area (Å²) in [6, 6.07) is 17.6. The van der Waals surface area contributed by atoms with Crippen LogP contribution >= 0.6 is 0 Å². The Bertz CT molecular complexity index is 1500. The Labute approximate surface area is 223 Å². The number of H-pyrrole nitrogens is 2. The van der Waals surface area contributed by atoms with E-state index in [-0.39, 0.29) is 22.6 Å². The van der Waals surface area contributed by atoms with Crippen LogP contribution in [0.15, 0.2) is 88.8 Å². The smallest absolute Gasteiger partial charge is 0.251 e. The molecule has 39 heavy (non-hydrogen) atoms. The summed E-state index contributed by atoms with van der Waals surface area (Å²) in [7, 11) is 0. The molecule has 0 saturated heterocycles. The number of aromatic amines is 2. The van der Waals surface area contributed by atoms with Crippen LogP contribution in [0, 0.1) is 11.3 Å².